The van der Waals surface area contributed by atoms with Crippen molar-refractivity contribution in [3.8, 4) is 0 Å². The summed E-state index contributed by atoms with van der Waals surface area (Å²) in [6.07, 6.45) is 0.947. The van der Waals surface area contributed by atoms with E-state index < -0.39 is 23.7 Å². The predicted molar refractivity (Wildman–Crippen MR) is 107 cm³/mol. The highest BCUT2D eigenvalue weighted by molar-refractivity contribution is 5.89. The van der Waals surface area contributed by atoms with Crippen LogP contribution in [0.1, 0.15) is 43.7 Å². The van der Waals surface area contributed by atoms with Crippen LogP contribution in [0, 0.1) is 0 Å². The number of nitrogens with one attached hydrogen (secondary N) is 1. The number of carboxylic acids is 2. The molecule has 0 aromatic heterocycles. The summed E-state index contributed by atoms with van der Waals surface area (Å²) < 4.78 is 39.5. The Labute approximate surface area is 174 Å². The van der Waals surface area contributed by atoms with Crippen molar-refractivity contribution in [3.05, 3.63) is 47.5 Å². The van der Waals surface area contributed by atoms with Crippen LogP contribution >= 0.6 is 0 Å². The SMILES string of the molecule is CCCCN(Cc1ccccc1C(F)(F)F)C1CCNCC1.O=C(O)/C=C/C(=O)O. The standard InChI is InChI=1S/C17H25F3N2.C4H4O4/c1-2-3-12-22(15-8-10-21-11-9-15)13-14-6-4-5-7-16(14)17(18,19)20;5-3(6)1-2-4(7)8/h4-7,15,21H,2-3,8-13H2,1H3;1-2H,(H,5,6)(H,7,8)/b;2-1+. The molecular weight excluding hydrogens is 401 g/mol. The van der Waals surface area contributed by atoms with Crippen LogP contribution in [0.4, 0.5) is 13.2 Å². The summed E-state index contributed by atoms with van der Waals surface area (Å²) in [5.74, 6) is -2.51. The quantitative estimate of drug-likeness (QED) is 0.544. The van der Waals surface area contributed by atoms with Gasteiger partial charge in [0.25, 0.3) is 0 Å². The molecule has 1 aliphatic heterocycles. The first kappa shape index (κ1) is 25.6. The summed E-state index contributed by atoms with van der Waals surface area (Å²) >= 11 is 0. The molecule has 0 saturated carbocycles. The lowest BCUT2D eigenvalue weighted by atomic mass is 10.0. The van der Waals surface area contributed by atoms with E-state index in [0.29, 0.717) is 30.3 Å². The van der Waals surface area contributed by atoms with Gasteiger partial charge in [-0.1, -0.05) is 31.5 Å². The molecule has 0 atom stereocenters. The lowest BCUT2D eigenvalue weighted by Crippen LogP contribution is -2.43. The molecule has 1 saturated heterocycles. The monoisotopic (exact) mass is 430 g/mol. The van der Waals surface area contributed by atoms with Crippen molar-refractivity contribution in [2.24, 2.45) is 0 Å². The second kappa shape index (κ2) is 13.0. The molecule has 0 unspecified atom stereocenters. The zero-order valence-corrected chi connectivity index (χ0v) is 17.0. The molecule has 0 bridgehead atoms. The van der Waals surface area contributed by atoms with Crippen molar-refractivity contribution < 1.29 is 33.0 Å². The van der Waals surface area contributed by atoms with Gasteiger partial charge < -0.3 is 15.5 Å². The highest BCUT2D eigenvalue weighted by Gasteiger charge is 2.33. The van der Waals surface area contributed by atoms with Gasteiger partial charge in [-0.3, -0.25) is 4.90 Å². The fourth-order valence-electron chi connectivity index (χ4n) is 3.22. The molecule has 2 rings (SSSR count). The largest absolute Gasteiger partial charge is 0.478 e. The number of hydrogen-bond donors (Lipinski definition) is 3. The van der Waals surface area contributed by atoms with Crippen molar-refractivity contribution in [1.29, 1.82) is 0 Å². The van der Waals surface area contributed by atoms with Gasteiger partial charge in [0.05, 0.1) is 5.56 Å². The molecule has 1 aromatic carbocycles. The number of alkyl halides is 3. The van der Waals surface area contributed by atoms with Gasteiger partial charge in [0.2, 0.25) is 0 Å². The zero-order valence-electron chi connectivity index (χ0n) is 17.0. The van der Waals surface area contributed by atoms with E-state index in [2.05, 4.69) is 17.1 Å². The molecule has 1 aromatic rings. The van der Waals surface area contributed by atoms with Crippen molar-refractivity contribution in [2.75, 3.05) is 19.6 Å². The van der Waals surface area contributed by atoms with Crippen LogP contribution in [0.25, 0.3) is 0 Å². The van der Waals surface area contributed by atoms with Crippen LogP contribution < -0.4 is 5.32 Å². The molecule has 1 aliphatic rings. The lowest BCUT2D eigenvalue weighted by molar-refractivity contribution is -0.138. The number of halogens is 3. The number of benzene rings is 1. The van der Waals surface area contributed by atoms with Crippen LogP contribution in [0.5, 0.6) is 0 Å². The first-order valence-electron chi connectivity index (χ1n) is 9.89. The summed E-state index contributed by atoms with van der Waals surface area (Å²) in [5.41, 5.74) is -0.102. The lowest BCUT2D eigenvalue weighted by Gasteiger charge is -2.35. The first-order chi connectivity index (χ1) is 14.1. The zero-order chi connectivity index (χ0) is 22.6. The normalized spacial score (nSPS) is 15.1. The summed E-state index contributed by atoms with van der Waals surface area (Å²) in [5, 5.41) is 18.9. The Kier molecular flexibility index (Phi) is 11.1. The average Bonchev–Trinajstić information content (AvgIpc) is 2.70. The second-order valence-electron chi connectivity index (χ2n) is 6.97. The van der Waals surface area contributed by atoms with Gasteiger partial charge in [-0.25, -0.2) is 9.59 Å². The van der Waals surface area contributed by atoms with E-state index in [9.17, 15) is 22.8 Å². The molecule has 0 spiro atoms. The Morgan fingerprint density at radius 3 is 2.20 bits per heavy atom. The fourth-order valence-corrected chi connectivity index (χ4v) is 3.22. The summed E-state index contributed by atoms with van der Waals surface area (Å²) in [6.45, 7) is 5.28. The van der Waals surface area contributed by atoms with Gasteiger partial charge >= 0.3 is 18.1 Å². The summed E-state index contributed by atoms with van der Waals surface area (Å²) in [7, 11) is 0. The number of nitrogens with zero attached hydrogens (tertiary/aromatic N) is 1. The maximum Gasteiger partial charge on any atom is 0.416 e. The molecule has 3 N–H and O–H groups in total. The molecule has 9 heteroatoms. The minimum absolute atomic E-state index is 0.383. The van der Waals surface area contributed by atoms with Crippen LogP contribution in [0.2, 0.25) is 0 Å². The molecule has 168 valence electrons. The second-order valence-corrected chi connectivity index (χ2v) is 6.97. The van der Waals surface area contributed by atoms with E-state index in [0.717, 1.165) is 45.3 Å². The fraction of sp³-hybridized carbons (Fsp3) is 0.524. The van der Waals surface area contributed by atoms with Crippen LogP contribution in [-0.2, 0) is 22.3 Å². The van der Waals surface area contributed by atoms with Crippen LogP contribution in [-0.4, -0.2) is 52.7 Å². The van der Waals surface area contributed by atoms with E-state index in [4.69, 9.17) is 10.2 Å². The Morgan fingerprint density at radius 1 is 1.13 bits per heavy atom. The Balaban J connectivity index is 0.000000479. The first-order valence-corrected chi connectivity index (χ1v) is 9.89. The van der Waals surface area contributed by atoms with Crippen molar-refractivity contribution in [1.82, 2.24) is 10.2 Å². The summed E-state index contributed by atoms with van der Waals surface area (Å²) in [4.78, 5) is 21.4. The van der Waals surface area contributed by atoms with Crippen LogP contribution in [0.3, 0.4) is 0 Å². The van der Waals surface area contributed by atoms with Gasteiger partial charge in [-0.05, 0) is 50.5 Å². The molecule has 0 amide bonds. The van der Waals surface area contributed by atoms with Crippen LogP contribution in [0.15, 0.2) is 36.4 Å². The van der Waals surface area contributed by atoms with E-state index in [1.54, 1.807) is 12.1 Å². The van der Waals surface area contributed by atoms with E-state index in [-0.39, 0.29) is 0 Å². The molecule has 0 radical (unpaired) electrons. The average molecular weight is 430 g/mol. The maximum atomic E-state index is 13.2. The van der Waals surface area contributed by atoms with Gasteiger partial charge in [-0.15, -0.1) is 0 Å². The Bertz CT molecular complexity index is 686. The molecule has 30 heavy (non-hydrogen) atoms. The third-order valence-electron chi connectivity index (χ3n) is 4.69. The van der Waals surface area contributed by atoms with Gasteiger partial charge in [0.15, 0.2) is 0 Å². The van der Waals surface area contributed by atoms with Crippen molar-refractivity contribution in [2.45, 2.75) is 51.4 Å². The maximum absolute atomic E-state index is 13.2. The van der Waals surface area contributed by atoms with Crippen molar-refractivity contribution in [3.63, 3.8) is 0 Å². The number of rotatable bonds is 8. The molecule has 1 fully saturated rings. The highest BCUT2D eigenvalue weighted by Crippen LogP contribution is 2.33. The van der Waals surface area contributed by atoms with Crippen molar-refractivity contribution >= 4 is 11.9 Å². The highest BCUT2D eigenvalue weighted by atomic mass is 19.4. The summed E-state index contributed by atoms with van der Waals surface area (Å²) in [6, 6.07) is 6.35. The van der Waals surface area contributed by atoms with Gasteiger partial charge in [-0.2, -0.15) is 13.2 Å². The number of piperidine rings is 1. The Morgan fingerprint density at radius 2 is 1.70 bits per heavy atom. The molecular formula is C21H29F3N2O4. The smallest absolute Gasteiger partial charge is 0.416 e. The predicted octanol–water partition coefficient (Wildman–Crippen LogP) is 3.77. The Hall–Kier alpha value is -2.39. The number of unbranched alkanes of at least 4 members (excludes halogenated alkanes) is 1. The number of carbonyl (C=O) groups is 2. The molecule has 0 aliphatic carbocycles. The van der Waals surface area contributed by atoms with Gasteiger partial charge in [0, 0.05) is 24.7 Å². The number of aliphatic carboxylic acids is 2. The molecule has 1 heterocycles. The van der Waals surface area contributed by atoms with E-state index in [1.807, 2.05) is 0 Å². The van der Waals surface area contributed by atoms with E-state index >= 15 is 0 Å². The number of hydrogen-bond acceptors (Lipinski definition) is 4. The third-order valence-corrected chi connectivity index (χ3v) is 4.69. The minimum Gasteiger partial charge on any atom is -0.478 e. The minimum atomic E-state index is -4.28. The number of carboxylic acid groups (broad SMARTS) is 2. The van der Waals surface area contributed by atoms with E-state index in [1.165, 1.54) is 12.1 Å². The third kappa shape index (κ3) is 9.89. The molecule has 6 nitrogen and oxygen atoms in total. The van der Waals surface area contributed by atoms with Gasteiger partial charge in [0.1, 0.15) is 0 Å². The topological polar surface area (TPSA) is 89.9 Å².